The van der Waals surface area contributed by atoms with E-state index in [9.17, 15) is 0 Å². The number of rotatable bonds is 3. The summed E-state index contributed by atoms with van der Waals surface area (Å²) in [5.41, 5.74) is 3.66. The number of nitrogens with zero attached hydrogens (tertiary/aromatic N) is 2. The molecule has 0 aliphatic rings. The minimum absolute atomic E-state index is 0.0861. The lowest BCUT2D eigenvalue weighted by atomic mass is 10.1. The van der Waals surface area contributed by atoms with Gasteiger partial charge in [-0.3, -0.25) is 4.99 Å². The van der Waals surface area contributed by atoms with Crippen LogP contribution in [0.1, 0.15) is 26.3 Å². The van der Waals surface area contributed by atoms with Crippen molar-refractivity contribution in [2.75, 3.05) is 0 Å². The molecule has 0 aliphatic heterocycles. The lowest BCUT2D eigenvalue weighted by molar-refractivity contribution is 0.554. The highest BCUT2D eigenvalue weighted by Gasteiger charge is 2.12. The van der Waals surface area contributed by atoms with Gasteiger partial charge in [-0.15, -0.1) is 11.3 Å². The molecule has 0 aliphatic carbocycles. The maximum atomic E-state index is 4.92. The number of hydrogen-bond acceptors (Lipinski definition) is 2. The molecule has 0 saturated heterocycles. The van der Waals surface area contributed by atoms with E-state index >= 15 is 0 Å². The van der Waals surface area contributed by atoms with Gasteiger partial charge in [-0.05, 0) is 31.9 Å². The van der Waals surface area contributed by atoms with Gasteiger partial charge >= 0.3 is 0 Å². The smallest absolute Gasteiger partial charge is 0.186 e. The predicted molar refractivity (Wildman–Crippen MR) is 98.6 cm³/mol. The maximum absolute atomic E-state index is 4.92. The Labute approximate surface area is 141 Å². The molecule has 23 heavy (non-hydrogen) atoms. The van der Waals surface area contributed by atoms with Gasteiger partial charge < -0.3 is 4.57 Å². The molecule has 0 saturated carbocycles. The number of aromatic nitrogens is 1. The molecular weight excluding hydrogens is 300 g/mol. The van der Waals surface area contributed by atoms with Crippen LogP contribution in [0.3, 0.4) is 0 Å². The first-order chi connectivity index (χ1) is 11.0. The summed E-state index contributed by atoms with van der Waals surface area (Å²) in [6, 6.07) is 21.1. The lowest BCUT2D eigenvalue weighted by Crippen LogP contribution is -2.23. The molecule has 0 amide bonds. The van der Waals surface area contributed by atoms with E-state index in [0.29, 0.717) is 0 Å². The fraction of sp³-hybridized carbons (Fsp3) is 0.250. The predicted octanol–water partition coefficient (Wildman–Crippen LogP) is 4.96. The second-order valence-electron chi connectivity index (χ2n) is 6.62. The van der Waals surface area contributed by atoms with E-state index in [0.717, 1.165) is 11.3 Å². The number of benzene rings is 2. The average Bonchev–Trinajstić information content (AvgIpc) is 2.90. The summed E-state index contributed by atoms with van der Waals surface area (Å²) in [7, 11) is 0. The van der Waals surface area contributed by atoms with E-state index in [-0.39, 0.29) is 5.54 Å². The van der Waals surface area contributed by atoms with Crippen molar-refractivity contribution in [1.29, 1.82) is 0 Å². The van der Waals surface area contributed by atoms with E-state index < -0.39 is 0 Å². The topological polar surface area (TPSA) is 17.3 Å². The molecule has 0 spiro atoms. The van der Waals surface area contributed by atoms with Gasteiger partial charge in [0.15, 0.2) is 4.80 Å². The number of thiazole rings is 1. The van der Waals surface area contributed by atoms with Crippen molar-refractivity contribution in [2.45, 2.75) is 32.9 Å². The van der Waals surface area contributed by atoms with E-state index in [1.165, 1.54) is 16.8 Å². The van der Waals surface area contributed by atoms with Crippen molar-refractivity contribution in [3.63, 3.8) is 0 Å². The van der Waals surface area contributed by atoms with Gasteiger partial charge in [0.2, 0.25) is 0 Å². The van der Waals surface area contributed by atoms with Crippen molar-refractivity contribution >= 4 is 11.3 Å². The molecule has 0 radical (unpaired) electrons. The van der Waals surface area contributed by atoms with Gasteiger partial charge in [-0.1, -0.05) is 60.7 Å². The third-order valence-electron chi connectivity index (χ3n) is 3.48. The fourth-order valence-electron chi connectivity index (χ4n) is 2.46. The van der Waals surface area contributed by atoms with Crippen molar-refractivity contribution < 1.29 is 0 Å². The highest BCUT2D eigenvalue weighted by Crippen LogP contribution is 2.21. The molecule has 0 atom stereocenters. The fourth-order valence-corrected chi connectivity index (χ4v) is 3.56. The molecule has 1 aromatic heterocycles. The molecule has 3 aromatic rings. The zero-order valence-electron chi connectivity index (χ0n) is 13.9. The zero-order valence-corrected chi connectivity index (χ0v) is 14.7. The van der Waals surface area contributed by atoms with Crippen LogP contribution in [0.4, 0.5) is 0 Å². The van der Waals surface area contributed by atoms with Crippen LogP contribution in [0.25, 0.3) is 11.3 Å². The van der Waals surface area contributed by atoms with Gasteiger partial charge in [0.25, 0.3) is 0 Å². The van der Waals surface area contributed by atoms with Crippen LogP contribution in [-0.4, -0.2) is 10.1 Å². The van der Waals surface area contributed by atoms with E-state index in [1.807, 2.05) is 0 Å². The molecule has 0 fully saturated rings. The monoisotopic (exact) mass is 322 g/mol. The number of hydrogen-bond donors (Lipinski definition) is 0. The normalized spacial score (nSPS) is 12.6. The summed E-state index contributed by atoms with van der Waals surface area (Å²) in [6.07, 6.45) is 0. The van der Waals surface area contributed by atoms with E-state index in [2.05, 4.69) is 91.4 Å². The molecule has 1 heterocycles. The summed E-state index contributed by atoms with van der Waals surface area (Å²) < 4.78 is 2.32. The van der Waals surface area contributed by atoms with Gasteiger partial charge in [0, 0.05) is 5.38 Å². The van der Waals surface area contributed by atoms with Crippen LogP contribution < -0.4 is 4.80 Å². The minimum atomic E-state index is -0.0861. The molecule has 2 nitrogen and oxygen atoms in total. The Kier molecular flexibility index (Phi) is 4.49. The average molecular weight is 322 g/mol. The van der Waals surface area contributed by atoms with Gasteiger partial charge in [0.1, 0.15) is 0 Å². The first-order valence-electron chi connectivity index (χ1n) is 7.86. The maximum Gasteiger partial charge on any atom is 0.186 e. The quantitative estimate of drug-likeness (QED) is 0.648. The van der Waals surface area contributed by atoms with Crippen LogP contribution >= 0.6 is 11.3 Å². The van der Waals surface area contributed by atoms with Gasteiger partial charge in [-0.2, -0.15) is 0 Å². The Morgan fingerprint density at radius 3 is 2.13 bits per heavy atom. The summed E-state index contributed by atoms with van der Waals surface area (Å²) >= 11 is 1.71. The summed E-state index contributed by atoms with van der Waals surface area (Å²) in [6.45, 7) is 7.26. The van der Waals surface area contributed by atoms with Crippen LogP contribution in [0.5, 0.6) is 0 Å². The first kappa shape index (κ1) is 15.8. The molecule has 3 heteroatoms. The van der Waals surface area contributed by atoms with Crippen LogP contribution in [0.2, 0.25) is 0 Å². The van der Waals surface area contributed by atoms with Crippen LogP contribution in [-0.2, 0) is 6.54 Å². The molecule has 118 valence electrons. The third-order valence-corrected chi connectivity index (χ3v) is 4.35. The lowest BCUT2D eigenvalue weighted by Gasteiger charge is -2.13. The van der Waals surface area contributed by atoms with Crippen molar-refractivity contribution in [3.05, 3.63) is 76.4 Å². The highest BCUT2D eigenvalue weighted by atomic mass is 32.1. The molecule has 0 bridgehead atoms. The van der Waals surface area contributed by atoms with Crippen LogP contribution in [0.15, 0.2) is 71.0 Å². The van der Waals surface area contributed by atoms with Gasteiger partial charge in [0.05, 0.1) is 17.8 Å². The standard InChI is InChI=1S/C20H22N2S/c1-20(2,3)21-19-22(14-16-10-6-4-7-11-16)18(15-23-19)17-12-8-5-9-13-17/h4-13,15H,14H2,1-3H3. The largest absolute Gasteiger partial charge is 0.312 e. The molecule has 3 rings (SSSR count). The highest BCUT2D eigenvalue weighted by molar-refractivity contribution is 7.07. The van der Waals surface area contributed by atoms with E-state index in [1.54, 1.807) is 11.3 Å². The van der Waals surface area contributed by atoms with Crippen molar-refractivity contribution in [2.24, 2.45) is 4.99 Å². The third kappa shape index (κ3) is 3.99. The first-order valence-corrected chi connectivity index (χ1v) is 8.74. The summed E-state index contributed by atoms with van der Waals surface area (Å²) in [5.74, 6) is 0. The SMILES string of the molecule is CC(C)(C)N=c1scc(-c2ccccc2)n1Cc1ccccc1. The second-order valence-corrected chi connectivity index (χ2v) is 7.46. The Morgan fingerprint density at radius 1 is 0.913 bits per heavy atom. The summed E-state index contributed by atoms with van der Waals surface area (Å²) in [4.78, 5) is 5.98. The van der Waals surface area contributed by atoms with Crippen molar-refractivity contribution in [3.8, 4) is 11.3 Å². The summed E-state index contributed by atoms with van der Waals surface area (Å²) in [5, 5.41) is 2.21. The zero-order chi connectivity index (χ0) is 16.3. The van der Waals surface area contributed by atoms with Gasteiger partial charge in [-0.25, -0.2) is 0 Å². The Balaban J connectivity index is 2.13. The second kappa shape index (κ2) is 6.55. The molecule has 0 N–H and O–H groups in total. The molecule has 2 aromatic carbocycles. The minimum Gasteiger partial charge on any atom is -0.312 e. The molecule has 0 unspecified atom stereocenters. The Hall–Kier alpha value is -2.13. The molecular formula is C20H22N2S. The Morgan fingerprint density at radius 2 is 1.52 bits per heavy atom. The Bertz CT molecular complexity index is 821. The van der Waals surface area contributed by atoms with Crippen LogP contribution in [0, 0.1) is 0 Å². The van der Waals surface area contributed by atoms with Crippen molar-refractivity contribution in [1.82, 2.24) is 4.57 Å². The van der Waals surface area contributed by atoms with E-state index in [4.69, 9.17) is 4.99 Å².